The predicted octanol–water partition coefficient (Wildman–Crippen LogP) is 7.08. The zero-order valence-corrected chi connectivity index (χ0v) is 23.2. The first-order valence-electron chi connectivity index (χ1n) is 10.8. The van der Waals surface area contributed by atoms with Crippen LogP contribution in [-0.2, 0) is 19.4 Å². The number of thiophene rings is 1. The zero-order valence-electron chi connectivity index (χ0n) is 18.1. The lowest BCUT2D eigenvalue weighted by Gasteiger charge is -2.13. The van der Waals surface area contributed by atoms with Crippen LogP contribution in [0.15, 0.2) is 60.1 Å². The number of benzene rings is 2. The molecule has 4 nitrogen and oxygen atoms in total. The van der Waals surface area contributed by atoms with Gasteiger partial charge in [0.05, 0.1) is 12.7 Å². The van der Waals surface area contributed by atoms with Crippen LogP contribution in [-0.4, -0.2) is 18.7 Å². The van der Waals surface area contributed by atoms with Crippen LogP contribution in [0.5, 0.6) is 5.75 Å². The van der Waals surface area contributed by atoms with Gasteiger partial charge in [-0.05, 0) is 99.7 Å². The first-order chi connectivity index (χ1) is 16.1. The molecule has 0 unspecified atom stereocenters. The number of hydrogen-bond acceptors (Lipinski definition) is 4. The van der Waals surface area contributed by atoms with Crippen LogP contribution in [0.3, 0.4) is 0 Å². The Hall–Kier alpha value is -1.72. The molecule has 1 amide bonds. The molecular formula is C26H24I2N2O2S. The number of nitrogens with zero attached hydrogens (tertiary/aromatic N) is 1. The lowest BCUT2D eigenvalue weighted by atomic mass is 9.95. The fraction of sp³-hybridized carbons (Fsp3) is 0.231. The van der Waals surface area contributed by atoms with Crippen molar-refractivity contribution in [2.75, 3.05) is 6.61 Å². The smallest absolute Gasteiger partial charge is 0.254 e. The topological polar surface area (TPSA) is 50.7 Å². The molecular weight excluding hydrogens is 658 g/mol. The number of rotatable bonds is 8. The minimum atomic E-state index is -0.0391. The lowest BCUT2D eigenvalue weighted by molar-refractivity contribution is 0.0951. The van der Waals surface area contributed by atoms with E-state index in [1.807, 2.05) is 48.7 Å². The molecule has 1 aliphatic carbocycles. The van der Waals surface area contributed by atoms with Crippen molar-refractivity contribution in [2.45, 2.75) is 32.2 Å². The van der Waals surface area contributed by atoms with Crippen molar-refractivity contribution >= 4 is 73.6 Å². The average molecular weight is 682 g/mol. The Kier molecular flexibility index (Phi) is 8.59. The molecule has 1 N–H and O–H groups in total. The molecule has 0 radical (unpaired) electrons. The van der Waals surface area contributed by atoms with E-state index in [4.69, 9.17) is 9.73 Å². The molecule has 1 aliphatic rings. The SMILES string of the molecule is C=CCOc1c(I)cc(/C=N\c2sc3c(c2C(=O)NCc2ccccc2)CCCC3)cc1I. The molecule has 0 fully saturated rings. The number of ether oxygens (including phenoxy) is 1. The Bertz CT molecular complexity index is 1170. The summed E-state index contributed by atoms with van der Waals surface area (Å²) in [5, 5.41) is 3.90. The van der Waals surface area contributed by atoms with Gasteiger partial charge in [0.1, 0.15) is 17.4 Å². The number of halogens is 2. The molecule has 1 heterocycles. The minimum Gasteiger partial charge on any atom is -0.487 e. The van der Waals surface area contributed by atoms with Gasteiger partial charge in [-0.1, -0.05) is 43.0 Å². The fourth-order valence-corrected chi connectivity index (χ4v) is 7.17. The van der Waals surface area contributed by atoms with Gasteiger partial charge < -0.3 is 10.1 Å². The second-order valence-corrected chi connectivity index (χ2v) is 11.1. The van der Waals surface area contributed by atoms with Gasteiger partial charge in [-0.25, -0.2) is 4.99 Å². The lowest BCUT2D eigenvalue weighted by Crippen LogP contribution is -2.24. The van der Waals surface area contributed by atoms with Gasteiger partial charge in [0.2, 0.25) is 0 Å². The number of carbonyl (C=O) groups excluding carboxylic acids is 1. The maximum absolute atomic E-state index is 13.2. The van der Waals surface area contributed by atoms with Gasteiger partial charge in [-0.2, -0.15) is 0 Å². The van der Waals surface area contributed by atoms with Crippen molar-refractivity contribution in [1.82, 2.24) is 5.32 Å². The third kappa shape index (κ3) is 6.05. The van der Waals surface area contributed by atoms with Gasteiger partial charge >= 0.3 is 0 Å². The average Bonchev–Trinajstić information content (AvgIpc) is 3.20. The van der Waals surface area contributed by atoms with Crippen molar-refractivity contribution in [3.63, 3.8) is 0 Å². The van der Waals surface area contributed by atoms with Crippen LogP contribution in [0.1, 0.15) is 44.8 Å². The number of nitrogens with one attached hydrogen (secondary N) is 1. The Morgan fingerprint density at radius 3 is 2.61 bits per heavy atom. The van der Waals surface area contributed by atoms with Crippen LogP contribution >= 0.6 is 56.5 Å². The molecule has 3 aromatic rings. The fourth-order valence-electron chi connectivity index (χ4n) is 3.81. The molecule has 1 aromatic heterocycles. The normalized spacial score (nSPS) is 13.0. The van der Waals surface area contributed by atoms with Crippen LogP contribution in [0.4, 0.5) is 5.00 Å². The molecule has 0 spiro atoms. The minimum absolute atomic E-state index is 0.0391. The Balaban J connectivity index is 1.60. The molecule has 7 heteroatoms. The van der Waals surface area contributed by atoms with Gasteiger partial charge in [0, 0.05) is 17.6 Å². The molecule has 0 saturated heterocycles. The first-order valence-corrected chi connectivity index (χ1v) is 13.8. The summed E-state index contributed by atoms with van der Waals surface area (Å²) in [4.78, 5) is 19.3. The van der Waals surface area contributed by atoms with E-state index in [2.05, 4.69) is 57.1 Å². The molecule has 0 saturated carbocycles. The third-order valence-electron chi connectivity index (χ3n) is 5.37. The van der Waals surface area contributed by atoms with E-state index >= 15 is 0 Å². The third-order valence-corrected chi connectivity index (χ3v) is 8.18. The zero-order chi connectivity index (χ0) is 23.2. The highest BCUT2D eigenvalue weighted by molar-refractivity contribution is 14.1. The second kappa shape index (κ2) is 11.6. The summed E-state index contributed by atoms with van der Waals surface area (Å²) < 4.78 is 7.82. The second-order valence-electron chi connectivity index (χ2n) is 7.73. The quantitative estimate of drug-likeness (QED) is 0.157. The monoisotopic (exact) mass is 682 g/mol. The molecule has 0 atom stereocenters. The van der Waals surface area contributed by atoms with Crippen LogP contribution in [0.2, 0.25) is 0 Å². The Morgan fingerprint density at radius 2 is 1.88 bits per heavy atom. The summed E-state index contributed by atoms with van der Waals surface area (Å²) in [6.07, 6.45) is 7.86. The predicted molar refractivity (Wildman–Crippen MR) is 153 cm³/mol. The molecule has 2 aromatic carbocycles. The van der Waals surface area contributed by atoms with Crippen molar-refractivity contribution in [2.24, 2.45) is 4.99 Å². The summed E-state index contributed by atoms with van der Waals surface area (Å²) in [5.41, 5.74) is 4.00. The summed E-state index contributed by atoms with van der Waals surface area (Å²) in [7, 11) is 0. The summed E-state index contributed by atoms with van der Waals surface area (Å²) >= 11 is 6.22. The maximum atomic E-state index is 13.2. The maximum Gasteiger partial charge on any atom is 0.254 e. The molecule has 0 aliphatic heterocycles. The van der Waals surface area contributed by atoms with Gasteiger partial charge in [0.15, 0.2) is 0 Å². The van der Waals surface area contributed by atoms with E-state index in [0.717, 1.165) is 53.8 Å². The highest BCUT2D eigenvalue weighted by Crippen LogP contribution is 2.40. The van der Waals surface area contributed by atoms with Crippen LogP contribution in [0.25, 0.3) is 0 Å². The van der Waals surface area contributed by atoms with Gasteiger partial charge in [0.25, 0.3) is 5.91 Å². The van der Waals surface area contributed by atoms with Crippen LogP contribution in [0, 0.1) is 7.14 Å². The standard InChI is InChI=1S/C26H24I2N2O2S/c1-2-12-32-24-20(27)13-18(14-21(24)28)16-30-26-23(19-10-6-7-11-22(19)33-26)25(31)29-15-17-8-4-3-5-9-17/h2-5,8-9,13-14,16H,1,6-7,10-12,15H2,(H,29,31)/b30-16-. The van der Waals surface area contributed by atoms with Crippen LogP contribution < -0.4 is 10.1 Å². The van der Waals surface area contributed by atoms with E-state index in [9.17, 15) is 4.79 Å². The Labute approximate surface area is 225 Å². The van der Waals surface area contributed by atoms with Crippen molar-refractivity contribution in [3.8, 4) is 5.75 Å². The molecule has 170 valence electrons. The largest absolute Gasteiger partial charge is 0.487 e. The van der Waals surface area contributed by atoms with Crippen molar-refractivity contribution < 1.29 is 9.53 Å². The summed E-state index contributed by atoms with van der Waals surface area (Å²) in [5.74, 6) is 0.823. The highest BCUT2D eigenvalue weighted by Gasteiger charge is 2.25. The number of carbonyl (C=O) groups is 1. The number of aryl methyl sites for hydroxylation is 1. The molecule has 4 rings (SSSR count). The van der Waals surface area contributed by atoms with Crippen molar-refractivity contribution in [3.05, 3.63) is 89.4 Å². The van der Waals surface area contributed by atoms with Gasteiger partial charge in [-0.15, -0.1) is 11.3 Å². The van der Waals surface area contributed by atoms with E-state index in [0.29, 0.717) is 13.2 Å². The van der Waals surface area contributed by atoms with E-state index in [1.54, 1.807) is 17.4 Å². The first kappa shape index (κ1) is 24.4. The van der Waals surface area contributed by atoms with Gasteiger partial charge in [-0.3, -0.25) is 4.79 Å². The van der Waals surface area contributed by atoms with Crippen molar-refractivity contribution in [1.29, 1.82) is 0 Å². The number of fused-ring (bicyclic) bond motifs is 1. The van der Waals surface area contributed by atoms with E-state index in [-0.39, 0.29) is 5.91 Å². The van der Waals surface area contributed by atoms with E-state index in [1.165, 1.54) is 16.9 Å². The summed E-state index contributed by atoms with van der Waals surface area (Å²) in [6.45, 7) is 4.70. The summed E-state index contributed by atoms with van der Waals surface area (Å²) in [6, 6.07) is 14.1. The molecule has 33 heavy (non-hydrogen) atoms. The number of amides is 1. The highest BCUT2D eigenvalue weighted by atomic mass is 127. The van der Waals surface area contributed by atoms with E-state index < -0.39 is 0 Å². The number of aliphatic imine (C=N–C) groups is 1. The molecule has 0 bridgehead atoms. The Morgan fingerprint density at radius 1 is 1.15 bits per heavy atom. The number of hydrogen-bond donors (Lipinski definition) is 1.